The summed E-state index contributed by atoms with van der Waals surface area (Å²) in [4.78, 5) is 27.8. The van der Waals surface area contributed by atoms with Crippen molar-refractivity contribution < 1.29 is 9.59 Å². The second-order valence-corrected chi connectivity index (χ2v) is 8.23. The van der Waals surface area contributed by atoms with Crippen LogP contribution in [0, 0.1) is 11.8 Å². The summed E-state index contributed by atoms with van der Waals surface area (Å²) in [6, 6.07) is 1.95. The molecule has 2 aliphatic rings. The van der Waals surface area contributed by atoms with Gasteiger partial charge >= 0.3 is 6.03 Å². The Hall–Kier alpha value is -1.40. The van der Waals surface area contributed by atoms with E-state index < -0.39 is 0 Å². The first-order chi connectivity index (χ1) is 11.5. The molecule has 5 nitrogen and oxygen atoms in total. The average Bonchev–Trinajstić information content (AvgIpc) is 2.99. The minimum absolute atomic E-state index is 0.171. The Bertz CT molecular complexity index is 601. The lowest BCUT2D eigenvalue weighted by atomic mass is 9.78. The van der Waals surface area contributed by atoms with E-state index in [9.17, 15) is 9.59 Å². The fourth-order valence-electron chi connectivity index (χ4n) is 3.80. The first-order valence-electron chi connectivity index (χ1n) is 8.91. The van der Waals surface area contributed by atoms with Crippen LogP contribution in [0.3, 0.4) is 0 Å². The van der Waals surface area contributed by atoms with Gasteiger partial charge in [0, 0.05) is 24.0 Å². The van der Waals surface area contributed by atoms with Crippen molar-refractivity contribution in [2.24, 2.45) is 11.8 Å². The first kappa shape index (κ1) is 17.4. The van der Waals surface area contributed by atoms with Crippen molar-refractivity contribution in [3.63, 3.8) is 0 Å². The molecule has 0 radical (unpaired) electrons. The Morgan fingerprint density at radius 1 is 1.33 bits per heavy atom. The van der Waals surface area contributed by atoms with Crippen LogP contribution in [-0.4, -0.2) is 36.0 Å². The zero-order chi connectivity index (χ0) is 17.1. The number of fused-ring (bicyclic) bond motifs is 1. The van der Waals surface area contributed by atoms with E-state index in [1.54, 1.807) is 11.3 Å². The van der Waals surface area contributed by atoms with Gasteiger partial charge in [0.1, 0.15) is 0 Å². The molecule has 0 spiro atoms. The Kier molecular flexibility index (Phi) is 5.56. The van der Waals surface area contributed by atoms with Crippen LogP contribution < -0.4 is 10.6 Å². The number of urea groups is 1. The largest absolute Gasteiger partial charge is 0.335 e. The van der Waals surface area contributed by atoms with E-state index in [0.717, 1.165) is 32.4 Å². The quantitative estimate of drug-likeness (QED) is 0.882. The van der Waals surface area contributed by atoms with E-state index in [4.69, 9.17) is 0 Å². The first-order valence-corrected chi connectivity index (χ1v) is 9.79. The fourth-order valence-corrected chi connectivity index (χ4v) is 4.69. The molecule has 0 bridgehead atoms. The lowest BCUT2D eigenvalue weighted by Crippen LogP contribution is -2.51. The van der Waals surface area contributed by atoms with Crippen molar-refractivity contribution in [1.29, 1.82) is 0 Å². The van der Waals surface area contributed by atoms with E-state index in [0.29, 0.717) is 11.8 Å². The van der Waals surface area contributed by atoms with Crippen LogP contribution in [0.1, 0.15) is 43.6 Å². The molecule has 1 fully saturated rings. The molecule has 1 saturated carbocycles. The number of thiophene rings is 1. The Morgan fingerprint density at radius 3 is 3.00 bits per heavy atom. The highest BCUT2D eigenvalue weighted by Crippen LogP contribution is 2.29. The maximum atomic E-state index is 12.1. The molecule has 1 aromatic heterocycles. The molecule has 0 aromatic carbocycles. The summed E-state index contributed by atoms with van der Waals surface area (Å²) in [5.74, 6) is 0.856. The molecule has 132 valence electrons. The molecular weight excluding hydrogens is 322 g/mol. The summed E-state index contributed by atoms with van der Waals surface area (Å²) in [5.41, 5.74) is 1.31. The highest BCUT2D eigenvalue weighted by atomic mass is 32.1. The van der Waals surface area contributed by atoms with Crippen molar-refractivity contribution in [3.8, 4) is 0 Å². The minimum atomic E-state index is -0.348. The normalized spacial score (nSPS) is 27.3. The molecule has 3 atom stereocenters. The Morgan fingerprint density at radius 2 is 2.17 bits per heavy atom. The number of rotatable bonds is 3. The third-order valence-electron chi connectivity index (χ3n) is 5.53. The van der Waals surface area contributed by atoms with Crippen molar-refractivity contribution in [1.82, 2.24) is 15.5 Å². The van der Waals surface area contributed by atoms with Crippen molar-refractivity contribution in [2.45, 2.75) is 52.1 Å². The number of hydrogen-bond donors (Lipinski definition) is 2. The maximum absolute atomic E-state index is 12.1. The van der Waals surface area contributed by atoms with Crippen LogP contribution in [0.4, 0.5) is 4.79 Å². The van der Waals surface area contributed by atoms with Crippen LogP contribution in [0.2, 0.25) is 0 Å². The number of nitrogens with one attached hydrogen (secondary N) is 2. The van der Waals surface area contributed by atoms with Gasteiger partial charge in [-0.25, -0.2) is 4.79 Å². The van der Waals surface area contributed by atoms with Gasteiger partial charge in [-0.3, -0.25) is 15.0 Å². The summed E-state index contributed by atoms with van der Waals surface area (Å²) in [5, 5.41) is 7.60. The van der Waals surface area contributed by atoms with Crippen molar-refractivity contribution >= 4 is 23.3 Å². The fraction of sp³-hybridized carbons (Fsp3) is 0.667. The van der Waals surface area contributed by atoms with E-state index in [-0.39, 0.29) is 24.5 Å². The topological polar surface area (TPSA) is 61.4 Å². The maximum Gasteiger partial charge on any atom is 0.321 e. The Balaban J connectivity index is 1.44. The van der Waals surface area contributed by atoms with Gasteiger partial charge < -0.3 is 5.32 Å². The van der Waals surface area contributed by atoms with Gasteiger partial charge in [-0.1, -0.05) is 26.7 Å². The number of hydrogen-bond acceptors (Lipinski definition) is 4. The van der Waals surface area contributed by atoms with Crippen molar-refractivity contribution in [3.05, 3.63) is 21.9 Å². The highest BCUT2D eigenvalue weighted by Gasteiger charge is 2.28. The molecule has 1 aliphatic carbocycles. The third-order valence-corrected chi connectivity index (χ3v) is 6.55. The molecule has 1 aromatic rings. The van der Waals surface area contributed by atoms with Gasteiger partial charge in [-0.15, -0.1) is 11.3 Å². The number of nitrogens with zero attached hydrogens (tertiary/aromatic N) is 1. The summed E-state index contributed by atoms with van der Waals surface area (Å²) < 4.78 is 0. The summed E-state index contributed by atoms with van der Waals surface area (Å²) in [6.07, 6.45) is 4.35. The molecule has 2 N–H and O–H groups in total. The monoisotopic (exact) mass is 349 g/mol. The molecule has 1 aliphatic heterocycles. The lowest BCUT2D eigenvalue weighted by molar-refractivity contribution is -0.121. The van der Waals surface area contributed by atoms with Crippen LogP contribution in [0.5, 0.6) is 0 Å². The zero-order valence-corrected chi connectivity index (χ0v) is 15.3. The molecule has 3 rings (SSSR count). The van der Waals surface area contributed by atoms with E-state index in [2.05, 4.69) is 40.8 Å². The van der Waals surface area contributed by atoms with Gasteiger partial charge in [0.15, 0.2) is 0 Å². The summed E-state index contributed by atoms with van der Waals surface area (Å²) in [7, 11) is 0. The second kappa shape index (κ2) is 7.66. The van der Waals surface area contributed by atoms with Crippen LogP contribution in [-0.2, 0) is 17.8 Å². The molecular formula is C18H27N3O2S. The number of imide groups is 1. The predicted octanol–water partition coefficient (Wildman–Crippen LogP) is 2.76. The van der Waals surface area contributed by atoms with E-state index in [1.807, 2.05) is 0 Å². The molecule has 3 amide bonds. The van der Waals surface area contributed by atoms with Gasteiger partial charge in [0.05, 0.1) is 6.54 Å². The van der Waals surface area contributed by atoms with Gasteiger partial charge in [0.2, 0.25) is 5.91 Å². The van der Waals surface area contributed by atoms with Crippen LogP contribution >= 0.6 is 11.3 Å². The number of amides is 3. The minimum Gasteiger partial charge on any atom is -0.335 e. The standard InChI is InChI=1S/C18H27N3O2S/c1-12-4-3-5-15(13(12)2)19-18(23)20-17(22)11-21-8-6-16-14(10-21)7-9-24-16/h7,9,12-13,15H,3-6,8,10-11H2,1-2H3,(H2,19,20,22,23)/t12-,13+,15+/m1/s1. The van der Waals surface area contributed by atoms with E-state index >= 15 is 0 Å². The molecule has 6 heteroatoms. The average molecular weight is 350 g/mol. The van der Waals surface area contributed by atoms with Gasteiger partial charge in [-0.2, -0.15) is 0 Å². The second-order valence-electron chi connectivity index (χ2n) is 7.23. The third kappa shape index (κ3) is 4.16. The molecule has 0 unspecified atom stereocenters. The molecule has 2 heterocycles. The molecule has 24 heavy (non-hydrogen) atoms. The Labute approximate surface area is 147 Å². The van der Waals surface area contributed by atoms with Crippen LogP contribution in [0.15, 0.2) is 11.4 Å². The molecule has 0 saturated heterocycles. The van der Waals surface area contributed by atoms with Crippen LogP contribution in [0.25, 0.3) is 0 Å². The van der Waals surface area contributed by atoms with Crippen molar-refractivity contribution in [2.75, 3.05) is 13.1 Å². The SMILES string of the molecule is C[C@H]1[C@H](C)CCC[C@@H]1NC(=O)NC(=O)CN1CCc2sccc2C1. The van der Waals surface area contributed by atoms with Gasteiger partial charge in [0.25, 0.3) is 0 Å². The van der Waals surface area contributed by atoms with E-state index in [1.165, 1.54) is 16.9 Å². The smallest absolute Gasteiger partial charge is 0.321 e. The predicted molar refractivity (Wildman–Crippen MR) is 95.9 cm³/mol. The highest BCUT2D eigenvalue weighted by molar-refractivity contribution is 7.10. The lowest BCUT2D eigenvalue weighted by Gasteiger charge is -2.34. The van der Waals surface area contributed by atoms with Gasteiger partial charge in [-0.05, 0) is 41.7 Å². The number of carbonyl (C=O) groups excluding carboxylic acids is 2. The summed E-state index contributed by atoms with van der Waals surface area (Å²) >= 11 is 1.79. The zero-order valence-electron chi connectivity index (χ0n) is 14.5. The summed E-state index contributed by atoms with van der Waals surface area (Å²) in [6.45, 7) is 6.36. The number of carbonyl (C=O) groups is 2.